The van der Waals surface area contributed by atoms with E-state index in [1.807, 2.05) is 0 Å². The number of rotatable bonds is 5. The molecule has 0 fully saturated rings. The van der Waals surface area contributed by atoms with E-state index in [9.17, 15) is 31.0 Å². The van der Waals surface area contributed by atoms with Crippen LogP contribution in [0.4, 0.5) is 22.7 Å². The molecule has 14 heteroatoms. The predicted molar refractivity (Wildman–Crippen MR) is 111 cm³/mol. The number of phenolic OH excluding ortho intramolecular Hbond substituents is 1. The number of aromatic hydroxyl groups is 1. The molecule has 0 unspecified atom stereocenters. The zero-order chi connectivity index (χ0) is 23.0. The highest BCUT2D eigenvalue weighted by atomic mass is 32.2. The third-order valence-electron chi connectivity index (χ3n) is 4.09. The lowest BCUT2D eigenvalue weighted by Gasteiger charge is -2.14. The fourth-order valence-corrected chi connectivity index (χ4v) is 4.14. The van der Waals surface area contributed by atoms with Crippen molar-refractivity contribution in [2.75, 3.05) is 12.8 Å². The van der Waals surface area contributed by atoms with Crippen LogP contribution in [0.1, 0.15) is 0 Å². The van der Waals surface area contributed by atoms with Gasteiger partial charge in [0.2, 0.25) is 0 Å². The van der Waals surface area contributed by atoms with Gasteiger partial charge in [0.1, 0.15) is 21.2 Å². The van der Waals surface area contributed by atoms with Gasteiger partial charge < -0.3 is 10.8 Å². The molecular formula is C17H15N5O7S2. The van der Waals surface area contributed by atoms with Crippen LogP contribution in [-0.4, -0.2) is 38.1 Å². The lowest BCUT2D eigenvalue weighted by molar-refractivity contribution is 0.472. The maximum absolute atomic E-state index is 11.9. The molecule has 0 saturated carbocycles. The number of nitrogens with zero attached hydrogens (tertiary/aromatic N) is 4. The van der Waals surface area contributed by atoms with Crippen LogP contribution in [0.25, 0.3) is 10.8 Å². The summed E-state index contributed by atoms with van der Waals surface area (Å²) >= 11 is 0. The molecule has 3 aromatic rings. The normalized spacial score (nSPS) is 12.9. The first-order valence-electron chi connectivity index (χ1n) is 8.29. The number of fused-ring (bicyclic) bond motifs is 1. The van der Waals surface area contributed by atoms with Crippen molar-refractivity contribution in [2.45, 2.75) is 9.79 Å². The molecule has 0 amide bonds. The van der Waals surface area contributed by atoms with Crippen molar-refractivity contribution in [3.8, 4) is 5.75 Å². The first-order valence-corrected chi connectivity index (χ1v) is 11.2. The summed E-state index contributed by atoms with van der Waals surface area (Å²) in [6.45, 7) is 0. The molecule has 12 nitrogen and oxygen atoms in total. The summed E-state index contributed by atoms with van der Waals surface area (Å²) in [5.74, 6) is -0.800. The van der Waals surface area contributed by atoms with E-state index in [0.717, 1.165) is 12.1 Å². The average molecular weight is 465 g/mol. The summed E-state index contributed by atoms with van der Waals surface area (Å²) in [4.78, 5) is -1.63. The Balaban J connectivity index is 2.46. The zero-order valence-electron chi connectivity index (χ0n) is 15.7. The van der Waals surface area contributed by atoms with Gasteiger partial charge in [0.25, 0.3) is 20.2 Å². The topological polar surface area (TPSA) is 204 Å². The first kappa shape index (κ1) is 22.2. The second-order valence-corrected chi connectivity index (χ2v) is 8.87. The average Bonchev–Trinajstić information content (AvgIpc) is 2.68. The summed E-state index contributed by atoms with van der Waals surface area (Å²) in [6.07, 6.45) is 0. The van der Waals surface area contributed by atoms with Crippen molar-refractivity contribution in [3.63, 3.8) is 0 Å². The van der Waals surface area contributed by atoms with Crippen LogP contribution < -0.4 is 5.73 Å². The van der Waals surface area contributed by atoms with E-state index in [0.29, 0.717) is 5.69 Å². The third kappa shape index (κ3) is 4.36. The Hall–Kier alpha value is -3.46. The Morgan fingerprint density at radius 1 is 0.839 bits per heavy atom. The van der Waals surface area contributed by atoms with Crippen LogP contribution in [0.2, 0.25) is 0 Å². The number of hydrogen-bond donors (Lipinski definition) is 4. The van der Waals surface area contributed by atoms with E-state index in [1.165, 1.54) is 7.05 Å². The molecule has 5 N–H and O–H groups in total. The van der Waals surface area contributed by atoms with E-state index in [1.54, 1.807) is 30.3 Å². The lowest BCUT2D eigenvalue weighted by Crippen LogP contribution is -2.03. The fourth-order valence-electron chi connectivity index (χ4n) is 2.81. The van der Waals surface area contributed by atoms with Crippen LogP contribution in [0, 0.1) is 0 Å². The summed E-state index contributed by atoms with van der Waals surface area (Å²) < 4.78 is 66.4. The van der Waals surface area contributed by atoms with Gasteiger partial charge in [-0.05, 0) is 29.7 Å². The van der Waals surface area contributed by atoms with Gasteiger partial charge in [-0.2, -0.15) is 32.2 Å². The fraction of sp³-hybridized carbons (Fsp3) is 0.0588. The number of nitrogen functional groups attached to an aromatic ring is 1. The molecule has 0 aliphatic heterocycles. The van der Waals surface area contributed by atoms with Crippen LogP contribution in [0.5, 0.6) is 5.75 Å². The minimum atomic E-state index is -4.90. The highest BCUT2D eigenvalue weighted by Gasteiger charge is 2.27. The van der Waals surface area contributed by atoms with Gasteiger partial charge in [0, 0.05) is 7.05 Å². The van der Waals surface area contributed by atoms with Gasteiger partial charge in [-0.3, -0.25) is 9.11 Å². The third-order valence-corrected chi connectivity index (χ3v) is 5.83. The van der Waals surface area contributed by atoms with Crippen LogP contribution in [-0.2, 0) is 20.2 Å². The standard InChI is InChI=1S/C17H15N5O7S2/c1-19-21-16-12(31(27,28)29)8-9-7-11(30(24,25)26)15(14(18)13(9)17(16)23)22-20-10-5-3-2-4-6-10/h2-8,23H,18H2,1H3,(H,24,25,26)(H,27,28,29). The monoisotopic (exact) mass is 465 g/mol. The van der Waals surface area contributed by atoms with Gasteiger partial charge >= 0.3 is 0 Å². The largest absolute Gasteiger partial charge is 0.505 e. The number of phenols is 1. The molecular weight excluding hydrogens is 450 g/mol. The minimum absolute atomic E-state index is 0.232. The second kappa shape index (κ2) is 7.99. The second-order valence-electron chi connectivity index (χ2n) is 6.09. The number of hydrogen-bond acceptors (Lipinski definition) is 10. The first-order chi connectivity index (χ1) is 14.4. The summed E-state index contributed by atoms with van der Waals surface area (Å²) in [5, 5.41) is 24.8. The molecule has 0 atom stereocenters. The summed E-state index contributed by atoms with van der Waals surface area (Å²) in [5.41, 5.74) is 4.83. The van der Waals surface area contributed by atoms with Gasteiger partial charge in [0.05, 0.1) is 16.8 Å². The zero-order valence-corrected chi connectivity index (χ0v) is 17.3. The Morgan fingerprint density at radius 2 is 1.39 bits per heavy atom. The number of nitrogens with two attached hydrogens (primary N) is 1. The summed E-state index contributed by atoms with van der Waals surface area (Å²) in [7, 11) is -8.60. The van der Waals surface area contributed by atoms with E-state index in [4.69, 9.17) is 5.73 Å². The van der Waals surface area contributed by atoms with Crippen molar-refractivity contribution < 1.29 is 31.0 Å². The smallest absolute Gasteiger partial charge is 0.296 e. The molecule has 0 radical (unpaired) electrons. The maximum Gasteiger partial charge on any atom is 0.296 e. The predicted octanol–water partition coefficient (Wildman–Crippen LogP) is 3.75. The number of azo groups is 2. The van der Waals surface area contributed by atoms with E-state index < -0.39 is 52.8 Å². The quantitative estimate of drug-likeness (QED) is 0.247. The molecule has 0 saturated heterocycles. The van der Waals surface area contributed by atoms with Crippen molar-refractivity contribution in [2.24, 2.45) is 20.5 Å². The number of anilines is 1. The van der Waals surface area contributed by atoms with Crippen molar-refractivity contribution >= 4 is 53.8 Å². The van der Waals surface area contributed by atoms with Gasteiger partial charge in [-0.1, -0.05) is 18.2 Å². The molecule has 0 spiro atoms. The van der Waals surface area contributed by atoms with Crippen LogP contribution >= 0.6 is 0 Å². The van der Waals surface area contributed by atoms with Crippen LogP contribution in [0.15, 0.2) is 72.7 Å². The molecule has 162 valence electrons. The van der Waals surface area contributed by atoms with Crippen LogP contribution in [0.3, 0.4) is 0 Å². The molecule has 31 heavy (non-hydrogen) atoms. The molecule has 0 aromatic heterocycles. The van der Waals surface area contributed by atoms with E-state index >= 15 is 0 Å². The molecule has 0 heterocycles. The van der Waals surface area contributed by atoms with E-state index in [2.05, 4.69) is 20.5 Å². The Kier molecular flexibility index (Phi) is 5.73. The Bertz CT molecular complexity index is 1450. The van der Waals surface area contributed by atoms with Gasteiger partial charge in [-0.15, -0.1) is 5.11 Å². The lowest BCUT2D eigenvalue weighted by atomic mass is 10.1. The molecule has 3 rings (SSSR count). The highest BCUT2D eigenvalue weighted by Crippen LogP contribution is 2.47. The van der Waals surface area contributed by atoms with Crippen molar-refractivity contribution in [1.29, 1.82) is 0 Å². The molecule has 0 aliphatic rings. The van der Waals surface area contributed by atoms with Gasteiger partial charge in [-0.25, -0.2) is 0 Å². The number of benzene rings is 3. The minimum Gasteiger partial charge on any atom is -0.505 e. The summed E-state index contributed by atoms with van der Waals surface area (Å²) in [6, 6.07) is 9.85. The molecule has 0 bridgehead atoms. The SMILES string of the molecule is CN=Nc1c(S(=O)(=O)O)cc2cc(S(=O)(=O)O)c(N=Nc3ccccc3)c(N)c2c1O. The van der Waals surface area contributed by atoms with Crippen molar-refractivity contribution in [1.82, 2.24) is 0 Å². The van der Waals surface area contributed by atoms with Gasteiger partial charge in [0.15, 0.2) is 5.75 Å². The van der Waals surface area contributed by atoms with Crippen molar-refractivity contribution in [3.05, 3.63) is 42.5 Å². The van der Waals surface area contributed by atoms with E-state index in [-0.39, 0.29) is 10.8 Å². The highest BCUT2D eigenvalue weighted by molar-refractivity contribution is 7.86. The Morgan fingerprint density at radius 3 is 1.90 bits per heavy atom. The Labute approximate surface area is 176 Å². The molecule has 0 aliphatic carbocycles. The maximum atomic E-state index is 11.9. The molecule has 3 aromatic carbocycles.